The zero-order valence-electron chi connectivity index (χ0n) is 10.5. The van der Waals surface area contributed by atoms with Gasteiger partial charge in [0.1, 0.15) is 6.07 Å². The molecule has 0 aliphatic rings. The molecular weight excluding hydrogens is 218 g/mol. The summed E-state index contributed by atoms with van der Waals surface area (Å²) in [5, 5.41) is 15.2. The first-order chi connectivity index (χ1) is 8.12. The molecule has 0 aliphatic heterocycles. The van der Waals surface area contributed by atoms with Crippen LogP contribution in [0.1, 0.15) is 26.3 Å². The first kappa shape index (κ1) is 13.0. The van der Waals surface area contributed by atoms with Gasteiger partial charge < -0.3 is 15.4 Å². The predicted molar refractivity (Wildman–Crippen MR) is 66.2 cm³/mol. The van der Waals surface area contributed by atoms with Crippen LogP contribution in [-0.4, -0.2) is 29.7 Å². The molecule has 0 saturated heterocycles. The van der Waals surface area contributed by atoms with Crippen LogP contribution in [0.15, 0.2) is 0 Å². The Morgan fingerprint density at radius 2 is 2.12 bits per heavy atom. The molecule has 1 aromatic rings. The summed E-state index contributed by atoms with van der Waals surface area (Å²) in [5.74, 6) is 1.22. The highest BCUT2D eigenvalue weighted by atomic mass is 16.5. The van der Waals surface area contributed by atoms with Gasteiger partial charge in [-0.05, 0) is 20.8 Å². The number of methoxy groups -OCH3 is 1. The van der Waals surface area contributed by atoms with E-state index < -0.39 is 0 Å². The second-order valence-electron chi connectivity index (χ2n) is 3.72. The van der Waals surface area contributed by atoms with E-state index in [4.69, 9.17) is 10.00 Å². The topological polar surface area (TPSA) is 82.9 Å². The predicted octanol–water partition coefficient (Wildman–Crippen LogP) is 1.61. The molecule has 0 aromatic carbocycles. The third kappa shape index (κ3) is 3.21. The number of hydrogen-bond acceptors (Lipinski definition) is 6. The molecule has 0 atom stereocenters. The van der Waals surface area contributed by atoms with Crippen molar-refractivity contribution in [2.45, 2.75) is 26.8 Å². The summed E-state index contributed by atoms with van der Waals surface area (Å²) >= 11 is 0. The van der Waals surface area contributed by atoms with Crippen LogP contribution in [0.3, 0.4) is 0 Å². The summed E-state index contributed by atoms with van der Waals surface area (Å²) in [5.41, 5.74) is 0.322. The lowest BCUT2D eigenvalue weighted by Crippen LogP contribution is -2.15. The largest absolute Gasteiger partial charge is 0.480 e. The molecule has 1 heterocycles. The normalized spacial score (nSPS) is 9.88. The van der Waals surface area contributed by atoms with Crippen LogP contribution in [-0.2, 0) is 0 Å². The summed E-state index contributed by atoms with van der Waals surface area (Å²) in [6, 6.07) is 2.23. The van der Waals surface area contributed by atoms with E-state index in [2.05, 4.69) is 20.6 Å². The number of anilines is 2. The molecule has 0 unspecified atom stereocenters. The van der Waals surface area contributed by atoms with E-state index in [-0.39, 0.29) is 11.9 Å². The molecule has 17 heavy (non-hydrogen) atoms. The number of rotatable bonds is 5. The van der Waals surface area contributed by atoms with Crippen LogP contribution in [0.5, 0.6) is 5.88 Å². The highest BCUT2D eigenvalue weighted by molar-refractivity contribution is 5.59. The lowest BCUT2D eigenvalue weighted by atomic mass is 10.3. The Bertz CT molecular complexity index is 425. The summed E-state index contributed by atoms with van der Waals surface area (Å²) in [7, 11) is 1.48. The van der Waals surface area contributed by atoms with Crippen LogP contribution in [0.2, 0.25) is 0 Å². The first-order valence-electron chi connectivity index (χ1n) is 5.48. The Labute approximate surface area is 101 Å². The molecule has 6 heteroatoms. The van der Waals surface area contributed by atoms with Gasteiger partial charge in [0.2, 0.25) is 11.8 Å². The van der Waals surface area contributed by atoms with Gasteiger partial charge in [-0.25, -0.2) is 0 Å². The molecule has 0 radical (unpaired) electrons. The van der Waals surface area contributed by atoms with Gasteiger partial charge in [0.25, 0.3) is 0 Å². The number of nitriles is 1. The summed E-state index contributed by atoms with van der Waals surface area (Å²) in [4.78, 5) is 8.36. The Morgan fingerprint density at radius 3 is 2.59 bits per heavy atom. The maximum atomic E-state index is 9.09. The van der Waals surface area contributed by atoms with Crippen molar-refractivity contribution in [3.63, 3.8) is 0 Å². The number of ether oxygens (including phenoxy) is 1. The maximum absolute atomic E-state index is 9.09. The smallest absolute Gasteiger partial charge is 0.238 e. The number of nitrogens with zero attached hydrogens (tertiary/aromatic N) is 3. The average Bonchev–Trinajstić information content (AvgIpc) is 2.28. The zero-order chi connectivity index (χ0) is 12.8. The molecule has 0 amide bonds. The van der Waals surface area contributed by atoms with E-state index in [0.29, 0.717) is 23.9 Å². The van der Waals surface area contributed by atoms with Gasteiger partial charge >= 0.3 is 0 Å². The van der Waals surface area contributed by atoms with Crippen molar-refractivity contribution < 1.29 is 4.74 Å². The minimum atomic E-state index is 0.177. The Balaban J connectivity index is 3.22. The minimum absolute atomic E-state index is 0.177. The first-order valence-corrected chi connectivity index (χ1v) is 5.48. The van der Waals surface area contributed by atoms with Gasteiger partial charge in [0.05, 0.1) is 7.11 Å². The highest BCUT2D eigenvalue weighted by Crippen LogP contribution is 2.24. The monoisotopic (exact) mass is 235 g/mol. The van der Waals surface area contributed by atoms with E-state index in [0.717, 1.165) is 0 Å². The Morgan fingerprint density at radius 1 is 1.41 bits per heavy atom. The van der Waals surface area contributed by atoms with E-state index in [1.54, 1.807) is 0 Å². The Kier molecular flexibility index (Phi) is 4.52. The van der Waals surface area contributed by atoms with E-state index in [9.17, 15) is 0 Å². The van der Waals surface area contributed by atoms with Crippen molar-refractivity contribution >= 4 is 11.8 Å². The van der Waals surface area contributed by atoms with Crippen molar-refractivity contribution in [2.24, 2.45) is 0 Å². The molecule has 2 N–H and O–H groups in total. The third-order valence-corrected chi connectivity index (χ3v) is 1.94. The van der Waals surface area contributed by atoms with Crippen molar-refractivity contribution in [3.8, 4) is 11.9 Å². The molecule has 0 saturated carbocycles. The molecule has 0 spiro atoms. The fourth-order valence-electron chi connectivity index (χ4n) is 1.30. The van der Waals surface area contributed by atoms with Crippen LogP contribution in [0.25, 0.3) is 0 Å². The maximum Gasteiger partial charge on any atom is 0.238 e. The zero-order valence-corrected chi connectivity index (χ0v) is 10.5. The fourth-order valence-corrected chi connectivity index (χ4v) is 1.30. The van der Waals surface area contributed by atoms with Gasteiger partial charge in [-0.1, -0.05) is 0 Å². The SMILES string of the molecule is CCNc1nc(NC(C)C)c(C#N)c(OC)n1. The minimum Gasteiger partial charge on any atom is -0.480 e. The Hall–Kier alpha value is -2.03. The van der Waals surface area contributed by atoms with Gasteiger partial charge in [-0.15, -0.1) is 0 Å². The van der Waals surface area contributed by atoms with Gasteiger partial charge in [0.15, 0.2) is 11.4 Å². The average molecular weight is 235 g/mol. The van der Waals surface area contributed by atoms with Crippen LogP contribution in [0.4, 0.5) is 11.8 Å². The second-order valence-corrected chi connectivity index (χ2v) is 3.72. The van der Waals surface area contributed by atoms with E-state index in [1.807, 2.05) is 26.8 Å². The quantitative estimate of drug-likeness (QED) is 0.806. The van der Waals surface area contributed by atoms with Crippen molar-refractivity contribution in [2.75, 3.05) is 24.3 Å². The third-order valence-electron chi connectivity index (χ3n) is 1.94. The lowest BCUT2D eigenvalue weighted by Gasteiger charge is -2.13. The molecule has 0 fully saturated rings. The summed E-state index contributed by atoms with van der Waals surface area (Å²) in [6.45, 7) is 6.60. The van der Waals surface area contributed by atoms with Crippen molar-refractivity contribution in [1.29, 1.82) is 5.26 Å². The molecule has 0 bridgehead atoms. The number of hydrogen-bond donors (Lipinski definition) is 2. The van der Waals surface area contributed by atoms with Crippen LogP contribution >= 0.6 is 0 Å². The van der Waals surface area contributed by atoms with E-state index in [1.165, 1.54) is 7.11 Å². The summed E-state index contributed by atoms with van der Waals surface area (Å²) < 4.78 is 5.09. The van der Waals surface area contributed by atoms with Gasteiger partial charge in [-0.2, -0.15) is 15.2 Å². The fraction of sp³-hybridized carbons (Fsp3) is 0.545. The van der Waals surface area contributed by atoms with Crippen molar-refractivity contribution in [1.82, 2.24) is 9.97 Å². The van der Waals surface area contributed by atoms with E-state index >= 15 is 0 Å². The molecular formula is C11H17N5O. The molecule has 1 rings (SSSR count). The molecule has 6 nitrogen and oxygen atoms in total. The summed E-state index contributed by atoms with van der Waals surface area (Å²) in [6.07, 6.45) is 0. The van der Waals surface area contributed by atoms with Crippen LogP contribution in [0, 0.1) is 11.3 Å². The lowest BCUT2D eigenvalue weighted by molar-refractivity contribution is 0.396. The van der Waals surface area contributed by atoms with Crippen LogP contribution < -0.4 is 15.4 Å². The second kappa shape index (κ2) is 5.89. The van der Waals surface area contributed by atoms with Crippen molar-refractivity contribution in [3.05, 3.63) is 5.56 Å². The highest BCUT2D eigenvalue weighted by Gasteiger charge is 2.15. The molecule has 92 valence electrons. The molecule has 0 aliphatic carbocycles. The number of nitrogens with one attached hydrogen (secondary N) is 2. The molecule has 1 aromatic heterocycles. The van der Waals surface area contributed by atoms with Gasteiger partial charge in [0, 0.05) is 12.6 Å². The number of aromatic nitrogens is 2. The standard InChI is InChI=1S/C11H17N5O/c1-5-13-11-15-9(14-7(2)3)8(6-12)10(16-11)17-4/h7H,5H2,1-4H3,(H2,13,14,15,16). The van der Waals surface area contributed by atoms with Gasteiger partial charge in [-0.3, -0.25) is 0 Å².